The van der Waals surface area contributed by atoms with Gasteiger partial charge in [-0.2, -0.15) is 0 Å². The molecule has 0 aliphatic heterocycles. The van der Waals surface area contributed by atoms with Crippen molar-refractivity contribution in [3.63, 3.8) is 0 Å². The van der Waals surface area contributed by atoms with Gasteiger partial charge in [-0.25, -0.2) is 0 Å². The van der Waals surface area contributed by atoms with E-state index >= 15 is 0 Å². The van der Waals surface area contributed by atoms with Gasteiger partial charge in [0.15, 0.2) is 0 Å². The van der Waals surface area contributed by atoms with E-state index in [9.17, 15) is 0 Å². The Kier molecular flexibility index (Phi) is 3.69. The second-order valence-corrected chi connectivity index (χ2v) is 5.55. The number of fused-ring (bicyclic) bond motifs is 1. The lowest BCUT2D eigenvalue weighted by atomic mass is 10.1. The number of hydrogen-bond acceptors (Lipinski definition) is 2. The first-order chi connectivity index (χ1) is 7.31. The van der Waals surface area contributed by atoms with Crippen molar-refractivity contribution in [1.29, 1.82) is 0 Å². The molecule has 0 saturated heterocycles. The highest BCUT2D eigenvalue weighted by Gasteiger charge is 2.24. The second kappa shape index (κ2) is 5.03. The van der Waals surface area contributed by atoms with Gasteiger partial charge in [-0.15, -0.1) is 23.7 Å². The molecule has 0 bridgehead atoms. The van der Waals surface area contributed by atoms with E-state index in [0.717, 1.165) is 23.7 Å². The minimum absolute atomic E-state index is 0.501. The number of nitrogens with one attached hydrogen (secondary N) is 1. The van der Waals surface area contributed by atoms with Crippen molar-refractivity contribution in [3.05, 3.63) is 20.8 Å². The fourth-order valence-corrected chi connectivity index (χ4v) is 3.37. The summed E-state index contributed by atoms with van der Waals surface area (Å²) in [7, 11) is 0. The topological polar surface area (TPSA) is 12.0 Å². The van der Waals surface area contributed by atoms with Gasteiger partial charge in [0.2, 0.25) is 0 Å². The van der Waals surface area contributed by atoms with Crippen LogP contribution in [0.15, 0.2) is 6.07 Å². The van der Waals surface area contributed by atoms with E-state index in [1.807, 2.05) is 0 Å². The van der Waals surface area contributed by atoms with Crippen molar-refractivity contribution in [2.24, 2.45) is 0 Å². The first-order valence-corrected chi connectivity index (χ1v) is 6.45. The number of terminal acetylenes is 1. The van der Waals surface area contributed by atoms with Crippen LogP contribution in [0.2, 0.25) is 4.34 Å². The Hall–Kier alpha value is -0.490. The van der Waals surface area contributed by atoms with E-state index in [0.29, 0.717) is 6.04 Å². The summed E-state index contributed by atoms with van der Waals surface area (Å²) in [6.45, 7) is 1.00. The third kappa shape index (κ3) is 2.55. The van der Waals surface area contributed by atoms with Crippen LogP contribution in [0.5, 0.6) is 0 Å². The second-order valence-electron chi connectivity index (χ2n) is 3.78. The molecule has 1 N–H and O–H groups in total. The zero-order valence-electron chi connectivity index (χ0n) is 8.55. The van der Waals surface area contributed by atoms with Crippen molar-refractivity contribution in [3.8, 4) is 12.3 Å². The summed E-state index contributed by atoms with van der Waals surface area (Å²) in [5.41, 5.74) is 1.41. The van der Waals surface area contributed by atoms with Gasteiger partial charge in [0.05, 0.1) is 4.34 Å². The summed E-state index contributed by atoms with van der Waals surface area (Å²) in [5.74, 6) is 2.66. The van der Waals surface area contributed by atoms with Gasteiger partial charge >= 0.3 is 0 Å². The molecule has 80 valence electrons. The smallest absolute Gasteiger partial charge is 0.0934 e. The molecule has 0 spiro atoms. The lowest BCUT2D eigenvalue weighted by molar-refractivity contribution is 0.523. The lowest BCUT2D eigenvalue weighted by Crippen LogP contribution is -2.20. The van der Waals surface area contributed by atoms with Gasteiger partial charge in [-0.1, -0.05) is 11.6 Å². The Labute approximate surface area is 99.8 Å². The quantitative estimate of drug-likeness (QED) is 0.628. The van der Waals surface area contributed by atoms with Gasteiger partial charge < -0.3 is 5.32 Å². The van der Waals surface area contributed by atoms with Crippen molar-refractivity contribution >= 4 is 22.9 Å². The zero-order valence-corrected chi connectivity index (χ0v) is 10.1. The predicted molar refractivity (Wildman–Crippen MR) is 66.5 cm³/mol. The fraction of sp³-hybridized carbons (Fsp3) is 0.500. The Morgan fingerprint density at radius 3 is 3.33 bits per heavy atom. The minimum atomic E-state index is 0.501. The molecule has 1 heterocycles. The van der Waals surface area contributed by atoms with Crippen LogP contribution >= 0.6 is 22.9 Å². The average molecular weight is 240 g/mol. The first-order valence-electron chi connectivity index (χ1n) is 5.26. The van der Waals surface area contributed by atoms with Crippen LogP contribution in [0.1, 0.15) is 35.7 Å². The molecular weight excluding hydrogens is 226 g/mol. The average Bonchev–Trinajstić information content (AvgIpc) is 2.73. The highest BCUT2D eigenvalue weighted by atomic mass is 35.5. The van der Waals surface area contributed by atoms with Crippen molar-refractivity contribution in [2.75, 3.05) is 6.54 Å². The number of rotatable bonds is 4. The molecule has 15 heavy (non-hydrogen) atoms. The van der Waals surface area contributed by atoms with Crippen molar-refractivity contribution in [1.82, 2.24) is 5.32 Å². The van der Waals surface area contributed by atoms with Crippen LogP contribution in [0, 0.1) is 12.3 Å². The third-order valence-corrected chi connectivity index (χ3v) is 4.08. The molecule has 1 atom stereocenters. The molecule has 1 nitrogen and oxygen atoms in total. The first kappa shape index (κ1) is 11.0. The number of halogens is 1. The number of unbranched alkanes of at least 4 members (excludes halogenated alkanes) is 1. The molecule has 1 aromatic heterocycles. The molecule has 3 heteroatoms. The highest BCUT2D eigenvalue weighted by Crippen LogP contribution is 2.39. The van der Waals surface area contributed by atoms with Crippen LogP contribution in [0.4, 0.5) is 0 Å². The van der Waals surface area contributed by atoms with E-state index in [2.05, 4.69) is 17.3 Å². The standard InChI is InChI=1S/C12H14ClNS/c1-2-3-4-7-14-10-5-6-11-9(10)8-12(13)15-11/h1,8,10,14H,3-7H2. The molecule has 0 amide bonds. The third-order valence-electron chi connectivity index (χ3n) is 2.74. The Morgan fingerprint density at radius 1 is 1.67 bits per heavy atom. The summed E-state index contributed by atoms with van der Waals surface area (Å²) < 4.78 is 0.912. The summed E-state index contributed by atoms with van der Waals surface area (Å²) in [5, 5.41) is 3.54. The maximum Gasteiger partial charge on any atom is 0.0934 e. The summed E-state index contributed by atoms with van der Waals surface area (Å²) in [4.78, 5) is 1.45. The van der Waals surface area contributed by atoms with Gasteiger partial charge in [-0.05, 0) is 37.4 Å². The summed E-state index contributed by atoms with van der Waals surface area (Å²) in [6, 6.07) is 2.61. The number of aryl methyl sites for hydroxylation is 1. The lowest BCUT2D eigenvalue weighted by Gasteiger charge is -2.11. The Morgan fingerprint density at radius 2 is 2.53 bits per heavy atom. The molecule has 0 saturated carbocycles. The van der Waals surface area contributed by atoms with E-state index in [1.165, 1.54) is 23.3 Å². The van der Waals surface area contributed by atoms with Gasteiger partial charge in [-0.3, -0.25) is 0 Å². The SMILES string of the molecule is C#CCCCNC1CCc2sc(Cl)cc21. The molecule has 0 fully saturated rings. The maximum atomic E-state index is 5.99. The molecular formula is C12H14ClNS. The van der Waals surface area contributed by atoms with E-state index in [1.54, 1.807) is 11.3 Å². The highest BCUT2D eigenvalue weighted by molar-refractivity contribution is 7.16. The van der Waals surface area contributed by atoms with E-state index < -0.39 is 0 Å². The van der Waals surface area contributed by atoms with Gasteiger partial charge in [0, 0.05) is 17.3 Å². The Bertz CT molecular complexity index is 377. The van der Waals surface area contributed by atoms with Crippen LogP contribution in [-0.4, -0.2) is 6.54 Å². The van der Waals surface area contributed by atoms with Gasteiger partial charge in [0.25, 0.3) is 0 Å². The van der Waals surface area contributed by atoms with Gasteiger partial charge in [0.1, 0.15) is 0 Å². The molecule has 0 radical (unpaired) electrons. The van der Waals surface area contributed by atoms with Crippen LogP contribution in [-0.2, 0) is 6.42 Å². The zero-order chi connectivity index (χ0) is 10.7. The Balaban J connectivity index is 1.88. The largest absolute Gasteiger partial charge is 0.310 e. The van der Waals surface area contributed by atoms with Crippen LogP contribution < -0.4 is 5.32 Å². The van der Waals surface area contributed by atoms with Crippen molar-refractivity contribution < 1.29 is 0 Å². The monoisotopic (exact) mass is 239 g/mol. The van der Waals surface area contributed by atoms with Crippen molar-refractivity contribution in [2.45, 2.75) is 31.7 Å². The minimum Gasteiger partial charge on any atom is -0.310 e. The molecule has 1 aromatic rings. The molecule has 1 aliphatic carbocycles. The normalized spacial score (nSPS) is 18.8. The molecule has 1 unspecified atom stereocenters. The van der Waals surface area contributed by atoms with Crippen LogP contribution in [0.3, 0.4) is 0 Å². The predicted octanol–water partition coefficient (Wildman–Crippen LogP) is 3.39. The van der Waals surface area contributed by atoms with E-state index in [4.69, 9.17) is 18.0 Å². The molecule has 2 rings (SSSR count). The molecule has 1 aliphatic rings. The van der Waals surface area contributed by atoms with Crippen LogP contribution in [0.25, 0.3) is 0 Å². The molecule has 0 aromatic carbocycles. The number of thiophene rings is 1. The fourth-order valence-electron chi connectivity index (χ4n) is 2.01. The summed E-state index contributed by atoms with van der Waals surface area (Å²) in [6.07, 6.45) is 9.49. The summed E-state index contributed by atoms with van der Waals surface area (Å²) >= 11 is 7.71. The maximum absolute atomic E-state index is 5.99. The number of hydrogen-bond donors (Lipinski definition) is 1. The van der Waals surface area contributed by atoms with E-state index in [-0.39, 0.29) is 0 Å².